The molecule has 0 aromatic heterocycles. The zero-order valence-electron chi connectivity index (χ0n) is 9.27. The van der Waals surface area contributed by atoms with Crippen LogP contribution in [0.25, 0.3) is 0 Å². The summed E-state index contributed by atoms with van der Waals surface area (Å²) in [4.78, 5) is 22.3. The van der Waals surface area contributed by atoms with Crippen molar-refractivity contribution in [3.63, 3.8) is 0 Å². The second-order valence-electron chi connectivity index (χ2n) is 4.05. The van der Waals surface area contributed by atoms with Crippen molar-refractivity contribution in [1.29, 1.82) is 0 Å². The molecule has 5 nitrogen and oxygen atoms in total. The lowest BCUT2D eigenvalue weighted by molar-refractivity contribution is 0.0694. The first-order chi connectivity index (χ1) is 8.00. The van der Waals surface area contributed by atoms with Gasteiger partial charge in [-0.1, -0.05) is 6.07 Å². The number of benzene rings is 1. The molecule has 1 aliphatic rings. The number of carbonyl (C=O) groups is 2. The van der Waals surface area contributed by atoms with E-state index < -0.39 is 11.9 Å². The van der Waals surface area contributed by atoms with E-state index in [1.165, 1.54) is 12.1 Å². The van der Waals surface area contributed by atoms with Crippen LogP contribution in [-0.2, 0) is 11.2 Å². The van der Waals surface area contributed by atoms with Crippen molar-refractivity contribution < 1.29 is 24.5 Å². The SMILES string of the molecule is Cc1ccc(C(=O)O)c(C[C@@H]2CO2)c1C(=O)O. The summed E-state index contributed by atoms with van der Waals surface area (Å²) >= 11 is 0. The maximum absolute atomic E-state index is 11.2. The maximum atomic E-state index is 11.2. The van der Waals surface area contributed by atoms with E-state index in [9.17, 15) is 9.59 Å². The van der Waals surface area contributed by atoms with Crippen molar-refractivity contribution in [2.24, 2.45) is 0 Å². The zero-order chi connectivity index (χ0) is 12.6. The van der Waals surface area contributed by atoms with E-state index >= 15 is 0 Å². The van der Waals surface area contributed by atoms with Gasteiger partial charge in [-0.05, 0) is 24.1 Å². The van der Waals surface area contributed by atoms with Crippen molar-refractivity contribution >= 4 is 11.9 Å². The fraction of sp³-hybridized carbons (Fsp3) is 0.333. The topological polar surface area (TPSA) is 87.1 Å². The molecule has 2 rings (SSSR count). The lowest BCUT2D eigenvalue weighted by atomic mass is 9.93. The average molecular weight is 236 g/mol. The van der Waals surface area contributed by atoms with E-state index in [0.29, 0.717) is 24.2 Å². The first kappa shape index (κ1) is 11.6. The summed E-state index contributed by atoms with van der Waals surface area (Å²) in [6, 6.07) is 2.96. The molecule has 1 atom stereocenters. The van der Waals surface area contributed by atoms with Crippen LogP contribution in [0.15, 0.2) is 12.1 Å². The van der Waals surface area contributed by atoms with Gasteiger partial charge < -0.3 is 14.9 Å². The molecule has 0 unspecified atom stereocenters. The van der Waals surface area contributed by atoms with Gasteiger partial charge >= 0.3 is 11.9 Å². The molecule has 0 radical (unpaired) electrons. The second-order valence-corrected chi connectivity index (χ2v) is 4.05. The number of rotatable bonds is 4. The van der Waals surface area contributed by atoms with Crippen LogP contribution in [0.5, 0.6) is 0 Å². The highest BCUT2D eigenvalue weighted by atomic mass is 16.6. The number of aromatic carboxylic acids is 2. The number of epoxide rings is 1. The molecular weight excluding hydrogens is 224 g/mol. The number of aryl methyl sites for hydroxylation is 1. The van der Waals surface area contributed by atoms with Crippen LogP contribution >= 0.6 is 0 Å². The van der Waals surface area contributed by atoms with Crippen LogP contribution < -0.4 is 0 Å². The van der Waals surface area contributed by atoms with E-state index in [0.717, 1.165) is 0 Å². The highest BCUT2D eigenvalue weighted by Gasteiger charge is 2.29. The van der Waals surface area contributed by atoms with E-state index in [1.807, 2.05) is 0 Å². The molecule has 1 aliphatic heterocycles. The quantitative estimate of drug-likeness (QED) is 0.770. The Morgan fingerprint density at radius 2 is 2.00 bits per heavy atom. The smallest absolute Gasteiger partial charge is 0.336 e. The van der Waals surface area contributed by atoms with Gasteiger partial charge in [0.05, 0.1) is 23.8 Å². The average Bonchev–Trinajstić information content (AvgIpc) is 3.00. The van der Waals surface area contributed by atoms with Gasteiger partial charge in [0.15, 0.2) is 0 Å². The molecule has 0 bridgehead atoms. The van der Waals surface area contributed by atoms with Crippen LogP contribution in [0, 0.1) is 6.92 Å². The molecule has 1 fully saturated rings. The summed E-state index contributed by atoms with van der Waals surface area (Å²) in [5.41, 5.74) is 1.05. The van der Waals surface area contributed by atoms with Gasteiger partial charge in [0.1, 0.15) is 0 Å². The number of hydrogen-bond donors (Lipinski definition) is 2. The number of carboxylic acids is 2. The Bertz CT molecular complexity index is 488. The van der Waals surface area contributed by atoms with Crippen molar-refractivity contribution in [2.75, 3.05) is 6.61 Å². The molecule has 1 heterocycles. The van der Waals surface area contributed by atoms with Gasteiger partial charge in [-0.15, -0.1) is 0 Å². The van der Waals surface area contributed by atoms with Crippen LogP contribution in [0.2, 0.25) is 0 Å². The number of carboxylic acid groups (broad SMARTS) is 2. The standard InChI is InChI=1S/C12H12O5/c1-6-2-3-8(11(13)14)9(4-7-5-17-7)10(6)12(15)16/h2-3,7H,4-5H2,1H3,(H,13,14)(H,15,16)/t7-/m1/s1. The second kappa shape index (κ2) is 4.18. The Balaban J connectivity index is 2.56. The predicted molar refractivity (Wildman–Crippen MR) is 58.5 cm³/mol. The highest BCUT2D eigenvalue weighted by Crippen LogP contribution is 2.25. The lowest BCUT2D eigenvalue weighted by Gasteiger charge is -2.11. The highest BCUT2D eigenvalue weighted by molar-refractivity contribution is 5.97. The van der Waals surface area contributed by atoms with Crippen LogP contribution in [-0.4, -0.2) is 34.9 Å². The minimum absolute atomic E-state index is 0.0449. The van der Waals surface area contributed by atoms with E-state index in [1.54, 1.807) is 6.92 Å². The lowest BCUT2D eigenvalue weighted by Crippen LogP contribution is -2.13. The van der Waals surface area contributed by atoms with Gasteiger partial charge in [-0.2, -0.15) is 0 Å². The largest absolute Gasteiger partial charge is 0.478 e. The van der Waals surface area contributed by atoms with E-state index in [2.05, 4.69) is 0 Å². The normalized spacial score (nSPS) is 17.8. The Labute approximate surface area is 97.6 Å². The zero-order valence-corrected chi connectivity index (χ0v) is 9.27. The molecule has 0 saturated carbocycles. The Morgan fingerprint density at radius 1 is 1.35 bits per heavy atom. The predicted octanol–water partition coefficient (Wildman–Crippen LogP) is 1.33. The molecule has 0 aliphatic carbocycles. The van der Waals surface area contributed by atoms with Gasteiger partial charge in [-0.3, -0.25) is 0 Å². The summed E-state index contributed by atoms with van der Waals surface area (Å²) in [7, 11) is 0. The van der Waals surface area contributed by atoms with Crippen LogP contribution in [0.3, 0.4) is 0 Å². The molecular formula is C12H12O5. The van der Waals surface area contributed by atoms with Crippen molar-refractivity contribution in [1.82, 2.24) is 0 Å². The fourth-order valence-corrected chi connectivity index (χ4v) is 1.89. The third-order valence-corrected chi connectivity index (χ3v) is 2.80. The molecule has 0 amide bonds. The number of hydrogen-bond acceptors (Lipinski definition) is 3. The molecule has 1 saturated heterocycles. The first-order valence-corrected chi connectivity index (χ1v) is 5.21. The minimum Gasteiger partial charge on any atom is -0.478 e. The summed E-state index contributed by atoms with van der Waals surface area (Å²) < 4.78 is 5.04. The molecule has 90 valence electrons. The summed E-state index contributed by atoms with van der Waals surface area (Å²) in [6.45, 7) is 2.22. The Hall–Kier alpha value is -1.88. The third kappa shape index (κ3) is 2.29. The molecule has 2 N–H and O–H groups in total. The summed E-state index contributed by atoms with van der Waals surface area (Å²) in [5, 5.41) is 18.2. The van der Waals surface area contributed by atoms with Crippen LogP contribution in [0.1, 0.15) is 31.8 Å². The third-order valence-electron chi connectivity index (χ3n) is 2.80. The van der Waals surface area contributed by atoms with E-state index in [4.69, 9.17) is 14.9 Å². The Morgan fingerprint density at radius 3 is 2.47 bits per heavy atom. The molecule has 1 aromatic carbocycles. The molecule has 5 heteroatoms. The minimum atomic E-state index is -1.11. The van der Waals surface area contributed by atoms with Gasteiger partial charge in [0, 0.05) is 6.42 Å². The monoisotopic (exact) mass is 236 g/mol. The first-order valence-electron chi connectivity index (χ1n) is 5.21. The number of ether oxygens (including phenoxy) is 1. The van der Waals surface area contributed by atoms with Crippen molar-refractivity contribution in [3.05, 3.63) is 34.4 Å². The molecule has 17 heavy (non-hydrogen) atoms. The summed E-state index contributed by atoms with van der Waals surface area (Å²) in [5.74, 6) is -2.20. The van der Waals surface area contributed by atoms with Gasteiger partial charge in [0.2, 0.25) is 0 Å². The van der Waals surface area contributed by atoms with E-state index in [-0.39, 0.29) is 17.2 Å². The fourth-order valence-electron chi connectivity index (χ4n) is 1.89. The molecule has 0 spiro atoms. The van der Waals surface area contributed by atoms with Crippen molar-refractivity contribution in [2.45, 2.75) is 19.4 Å². The summed E-state index contributed by atoms with van der Waals surface area (Å²) in [6.07, 6.45) is 0.290. The maximum Gasteiger partial charge on any atom is 0.336 e. The van der Waals surface area contributed by atoms with Crippen molar-refractivity contribution in [3.8, 4) is 0 Å². The van der Waals surface area contributed by atoms with Gasteiger partial charge in [-0.25, -0.2) is 9.59 Å². The van der Waals surface area contributed by atoms with Gasteiger partial charge in [0.25, 0.3) is 0 Å². The Kier molecular flexibility index (Phi) is 2.85. The van der Waals surface area contributed by atoms with Crippen LogP contribution in [0.4, 0.5) is 0 Å². The molecule has 1 aromatic rings.